The molecule has 0 aliphatic carbocycles. The summed E-state index contributed by atoms with van der Waals surface area (Å²) in [5.74, 6) is 0.772. The van der Waals surface area contributed by atoms with Gasteiger partial charge in [-0.25, -0.2) is 0 Å². The third kappa shape index (κ3) is 6.52. The third-order valence-corrected chi connectivity index (χ3v) is 4.51. The molecule has 0 aliphatic rings. The van der Waals surface area contributed by atoms with Crippen LogP contribution in [0.1, 0.15) is 33.3 Å². The highest BCUT2D eigenvalue weighted by atomic mass is 16.5. The molecule has 1 N–H and O–H groups in total. The molecular weight excluding hydrogens is 368 g/mol. The molecule has 2 rings (SSSR count). The summed E-state index contributed by atoms with van der Waals surface area (Å²) in [6.45, 7) is 8.03. The highest BCUT2D eigenvalue weighted by molar-refractivity contribution is 5.95. The van der Waals surface area contributed by atoms with E-state index in [0.29, 0.717) is 17.2 Å². The molecule has 0 fully saturated rings. The van der Waals surface area contributed by atoms with Gasteiger partial charge in [0.15, 0.2) is 6.10 Å². The third-order valence-electron chi connectivity index (χ3n) is 4.51. The minimum atomic E-state index is -0.700. The van der Waals surface area contributed by atoms with Gasteiger partial charge in [0, 0.05) is 12.7 Å². The molecule has 0 bridgehead atoms. The Hall–Kier alpha value is -3.02. The monoisotopic (exact) mass is 398 g/mol. The lowest BCUT2D eigenvalue weighted by molar-refractivity contribution is -0.139. The molecule has 156 valence electrons. The lowest BCUT2D eigenvalue weighted by atomic mass is 9.87. The van der Waals surface area contributed by atoms with E-state index in [4.69, 9.17) is 9.47 Å². The number of nitrogens with zero attached hydrogens (tertiary/aromatic N) is 1. The van der Waals surface area contributed by atoms with Crippen LogP contribution < -0.4 is 14.8 Å². The molecule has 0 aliphatic heterocycles. The molecule has 0 saturated carbocycles. The number of carbonyl (C=O) groups excluding carboxylic acids is 2. The summed E-state index contributed by atoms with van der Waals surface area (Å²) >= 11 is 0. The topological polar surface area (TPSA) is 67.9 Å². The number of rotatable bonds is 7. The zero-order valence-electron chi connectivity index (χ0n) is 18.0. The lowest BCUT2D eigenvalue weighted by Gasteiger charge is -2.23. The van der Waals surface area contributed by atoms with Crippen LogP contribution in [0.15, 0.2) is 48.5 Å². The first-order chi connectivity index (χ1) is 13.6. The summed E-state index contributed by atoms with van der Waals surface area (Å²) in [6, 6.07) is 14.7. The minimum Gasteiger partial charge on any atom is -0.497 e. The molecule has 1 atom stereocenters. The summed E-state index contributed by atoms with van der Waals surface area (Å²) in [5.41, 5.74) is 1.88. The SMILES string of the molecule is COc1ccc(NC(=O)CN(C)C(=O)C(C)Oc2ccc(C(C)(C)C)cc2)cc1. The normalized spacial score (nSPS) is 12.1. The molecule has 0 spiro atoms. The number of benzene rings is 2. The van der Waals surface area contributed by atoms with Crippen LogP contribution in [0.5, 0.6) is 11.5 Å². The number of ether oxygens (including phenoxy) is 2. The largest absolute Gasteiger partial charge is 0.497 e. The summed E-state index contributed by atoms with van der Waals surface area (Å²) in [4.78, 5) is 26.1. The summed E-state index contributed by atoms with van der Waals surface area (Å²) in [7, 11) is 3.16. The van der Waals surface area contributed by atoms with Crippen LogP contribution in [0, 0.1) is 0 Å². The Balaban J connectivity index is 1.88. The number of anilines is 1. The first-order valence-electron chi connectivity index (χ1n) is 9.56. The standard InChI is InChI=1S/C23H30N2O4/c1-16(29-20-11-7-17(8-12-20)23(2,3)4)22(27)25(5)15-21(26)24-18-9-13-19(28-6)14-10-18/h7-14,16H,15H2,1-6H3,(H,24,26). The van der Waals surface area contributed by atoms with E-state index in [-0.39, 0.29) is 23.8 Å². The molecule has 6 heteroatoms. The fourth-order valence-corrected chi connectivity index (χ4v) is 2.77. The molecule has 2 aromatic carbocycles. The quantitative estimate of drug-likeness (QED) is 0.769. The van der Waals surface area contributed by atoms with Gasteiger partial charge in [-0.3, -0.25) is 9.59 Å². The maximum Gasteiger partial charge on any atom is 0.263 e. The number of likely N-dealkylation sites (N-methyl/N-ethyl adjacent to an activating group) is 1. The molecule has 2 amide bonds. The first-order valence-corrected chi connectivity index (χ1v) is 9.56. The highest BCUT2D eigenvalue weighted by Crippen LogP contribution is 2.24. The van der Waals surface area contributed by atoms with Crippen molar-refractivity contribution in [3.63, 3.8) is 0 Å². The molecule has 2 aromatic rings. The van der Waals surface area contributed by atoms with Crippen molar-refractivity contribution in [3.05, 3.63) is 54.1 Å². The number of methoxy groups -OCH3 is 1. The van der Waals surface area contributed by atoms with Crippen LogP contribution in [0.3, 0.4) is 0 Å². The van der Waals surface area contributed by atoms with Crippen molar-refractivity contribution >= 4 is 17.5 Å². The Bertz CT molecular complexity index is 823. The van der Waals surface area contributed by atoms with Gasteiger partial charge in [-0.15, -0.1) is 0 Å². The second-order valence-electron chi connectivity index (χ2n) is 8.01. The maximum absolute atomic E-state index is 12.5. The van der Waals surface area contributed by atoms with Gasteiger partial charge in [-0.05, 0) is 54.3 Å². The molecule has 6 nitrogen and oxygen atoms in total. The van der Waals surface area contributed by atoms with Crippen molar-refractivity contribution in [1.82, 2.24) is 4.90 Å². The van der Waals surface area contributed by atoms with Crippen molar-refractivity contribution in [1.29, 1.82) is 0 Å². The average Bonchev–Trinajstić information content (AvgIpc) is 2.67. The molecule has 0 aromatic heterocycles. The Labute approximate surface area is 172 Å². The summed E-state index contributed by atoms with van der Waals surface area (Å²) < 4.78 is 10.8. The van der Waals surface area contributed by atoms with Gasteiger partial charge in [-0.1, -0.05) is 32.9 Å². The van der Waals surface area contributed by atoms with E-state index in [0.717, 1.165) is 0 Å². The number of nitrogens with one attached hydrogen (secondary N) is 1. The second-order valence-corrected chi connectivity index (χ2v) is 8.01. The molecule has 0 saturated heterocycles. The predicted octanol–water partition coefficient (Wildman–Crippen LogP) is 3.86. The zero-order chi connectivity index (χ0) is 21.6. The van der Waals surface area contributed by atoms with Crippen molar-refractivity contribution in [3.8, 4) is 11.5 Å². The summed E-state index contributed by atoms with van der Waals surface area (Å²) in [6.07, 6.45) is -0.700. The van der Waals surface area contributed by atoms with Crippen LogP contribution in [-0.2, 0) is 15.0 Å². The molecular formula is C23H30N2O4. The molecule has 29 heavy (non-hydrogen) atoms. The molecule has 0 radical (unpaired) electrons. The lowest BCUT2D eigenvalue weighted by Crippen LogP contribution is -2.42. The average molecular weight is 399 g/mol. The van der Waals surface area contributed by atoms with Gasteiger partial charge in [0.1, 0.15) is 11.5 Å². The van der Waals surface area contributed by atoms with Gasteiger partial charge < -0.3 is 19.7 Å². The Morgan fingerprint density at radius 3 is 2.07 bits per heavy atom. The van der Waals surface area contributed by atoms with Crippen LogP contribution in [0.2, 0.25) is 0 Å². The van der Waals surface area contributed by atoms with Crippen LogP contribution in [0.25, 0.3) is 0 Å². The van der Waals surface area contributed by atoms with Gasteiger partial charge >= 0.3 is 0 Å². The van der Waals surface area contributed by atoms with Crippen molar-refractivity contribution in [2.75, 3.05) is 26.0 Å². The van der Waals surface area contributed by atoms with Gasteiger partial charge in [-0.2, -0.15) is 0 Å². The Morgan fingerprint density at radius 2 is 1.55 bits per heavy atom. The zero-order valence-corrected chi connectivity index (χ0v) is 18.0. The van der Waals surface area contributed by atoms with Crippen LogP contribution in [-0.4, -0.2) is 43.5 Å². The fourth-order valence-electron chi connectivity index (χ4n) is 2.77. The fraction of sp³-hybridized carbons (Fsp3) is 0.391. The number of amides is 2. The van der Waals surface area contributed by atoms with Crippen LogP contribution >= 0.6 is 0 Å². The highest BCUT2D eigenvalue weighted by Gasteiger charge is 2.21. The Kier molecular flexibility index (Phi) is 7.26. The Morgan fingerprint density at radius 1 is 1.00 bits per heavy atom. The number of carbonyl (C=O) groups is 2. The molecule has 1 unspecified atom stereocenters. The smallest absolute Gasteiger partial charge is 0.263 e. The number of hydrogen-bond donors (Lipinski definition) is 1. The van der Waals surface area contributed by atoms with E-state index in [1.165, 1.54) is 10.5 Å². The van der Waals surface area contributed by atoms with Crippen LogP contribution in [0.4, 0.5) is 5.69 Å². The van der Waals surface area contributed by atoms with E-state index in [2.05, 4.69) is 26.1 Å². The van der Waals surface area contributed by atoms with Gasteiger partial charge in [0.25, 0.3) is 5.91 Å². The van der Waals surface area contributed by atoms with Gasteiger partial charge in [0.05, 0.1) is 13.7 Å². The summed E-state index contributed by atoms with van der Waals surface area (Å²) in [5, 5.41) is 2.76. The number of hydrogen-bond acceptors (Lipinski definition) is 4. The van der Waals surface area contributed by atoms with Crippen molar-refractivity contribution < 1.29 is 19.1 Å². The predicted molar refractivity (Wildman–Crippen MR) is 114 cm³/mol. The van der Waals surface area contributed by atoms with E-state index in [1.54, 1.807) is 45.3 Å². The maximum atomic E-state index is 12.5. The van der Waals surface area contributed by atoms with Crippen molar-refractivity contribution in [2.45, 2.75) is 39.2 Å². The van der Waals surface area contributed by atoms with E-state index < -0.39 is 6.10 Å². The minimum absolute atomic E-state index is 0.0530. The van der Waals surface area contributed by atoms with E-state index >= 15 is 0 Å². The second kappa shape index (κ2) is 9.45. The van der Waals surface area contributed by atoms with E-state index in [1.807, 2.05) is 24.3 Å². The van der Waals surface area contributed by atoms with Gasteiger partial charge in [0.2, 0.25) is 5.91 Å². The van der Waals surface area contributed by atoms with Crippen molar-refractivity contribution in [2.24, 2.45) is 0 Å². The molecule has 0 heterocycles. The van der Waals surface area contributed by atoms with E-state index in [9.17, 15) is 9.59 Å². The first kappa shape index (κ1) is 22.3.